The molecule has 3 aromatic rings. The molecule has 142 valence electrons. The molecule has 0 atom stereocenters. The van der Waals surface area contributed by atoms with Gasteiger partial charge in [0.15, 0.2) is 9.47 Å². The Balaban J connectivity index is 1.52. The largest absolute Gasteiger partial charge is 0.466 e. The quantitative estimate of drug-likeness (QED) is 0.530. The molecule has 0 saturated heterocycles. The molecule has 0 radical (unpaired) electrons. The van der Waals surface area contributed by atoms with Crippen molar-refractivity contribution in [3.8, 4) is 16.5 Å². The average Bonchev–Trinajstić information content (AvgIpc) is 3.29. The highest BCUT2D eigenvalue weighted by molar-refractivity contribution is 8.01. The minimum atomic E-state index is -0.122. The van der Waals surface area contributed by atoms with E-state index in [0.717, 1.165) is 17.7 Å². The monoisotopic (exact) mass is 420 g/mol. The maximum atomic E-state index is 12.2. The van der Waals surface area contributed by atoms with E-state index in [0.29, 0.717) is 14.7 Å². The van der Waals surface area contributed by atoms with Crippen LogP contribution in [0.5, 0.6) is 5.19 Å². The van der Waals surface area contributed by atoms with Crippen LogP contribution < -0.4 is 10.1 Å². The molecule has 1 aromatic carbocycles. The number of nitrogens with one attached hydrogen (secondary N) is 1. The summed E-state index contributed by atoms with van der Waals surface area (Å²) in [5.74, 6) is 0.125. The van der Waals surface area contributed by atoms with Crippen LogP contribution in [-0.4, -0.2) is 32.9 Å². The van der Waals surface area contributed by atoms with Crippen molar-refractivity contribution in [3.63, 3.8) is 0 Å². The molecular weight excluding hydrogens is 400 g/mol. The number of hydrogen-bond acceptors (Lipinski definition) is 8. The Morgan fingerprint density at radius 1 is 1.26 bits per heavy atom. The molecule has 2 aromatic heterocycles. The second-order valence-corrected chi connectivity index (χ2v) is 8.95. The first kappa shape index (κ1) is 19.8. The Hall–Kier alpha value is -1.97. The number of hydrogen-bond donors (Lipinski definition) is 1. The van der Waals surface area contributed by atoms with Crippen molar-refractivity contribution >= 4 is 45.5 Å². The molecule has 0 aliphatic rings. The number of ether oxygens (including phenoxy) is 1. The maximum Gasteiger partial charge on any atom is 0.295 e. The number of amides is 1. The molecular formula is C18H20N4O2S3. The first-order valence-corrected chi connectivity index (χ1v) is 11.2. The molecule has 0 fully saturated rings. The molecule has 2 heterocycles. The normalized spacial score (nSPS) is 11.0. The smallest absolute Gasteiger partial charge is 0.295 e. The van der Waals surface area contributed by atoms with Crippen LogP contribution in [0.1, 0.15) is 26.3 Å². The third-order valence-corrected chi connectivity index (χ3v) is 6.16. The van der Waals surface area contributed by atoms with Crippen LogP contribution in [0.3, 0.4) is 0 Å². The van der Waals surface area contributed by atoms with Crippen molar-refractivity contribution in [2.24, 2.45) is 0 Å². The summed E-state index contributed by atoms with van der Waals surface area (Å²) in [5.41, 5.74) is 3.20. The molecule has 0 saturated carbocycles. The number of nitrogens with zero attached hydrogens (tertiary/aromatic N) is 3. The number of anilines is 1. The van der Waals surface area contributed by atoms with Crippen molar-refractivity contribution in [1.82, 2.24) is 15.2 Å². The van der Waals surface area contributed by atoms with E-state index in [4.69, 9.17) is 4.74 Å². The highest BCUT2D eigenvalue weighted by Gasteiger charge is 2.12. The Kier molecular flexibility index (Phi) is 6.81. The predicted molar refractivity (Wildman–Crippen MR) is 112 cm³/mol. The fourth-order valence-corrected chi connectivity index (χ4v) is 4.50. The van der Waals surface area contributed by atoms with Crippen LogP contribution in [0.4, 0.5) is 5.13 Å². The fraction of sp³-hybridized carbons (Fsp3) is 0.333. The summed E-state index contributed by atoms with van der Waals surface area (Å²) in [6.45, 7) is 5.99. The van der Waals surface area contributed by atoms with E-state index < -0.39 is 0 Å². The van der Waals surface area contributed by atoms with E-state index in [1.807, 2.05) is 19.2 Å². The van der Waals surface area contributed by atoms with Gasteiger partial charge >= 0.3 is 0 Å². The minimum Gasteiger partial charge on any atom is -0.466 e. The Morgan fingerprint density at radius 2 is 2.04 bits per heavy atom. The van der Waals surface area contributed by atoms with Crippen molar-refractivity contribution in [2.75, 3.05) is 11.1 Å². The van der Waals surface area contributed by atoms with Gasteiger partial charge in [-0.2, -0.15) is 0 Å². The lowest BCUT2D eigenvalue weighted by molar-refractivity contribution is -0.113. The summed E-state index contributed by atoms with van der Waals surface area (Å²) in [4.78, 5) is 16.7. The first-order chi connectivity index (χ1) is 13.0. The van der Waals surface area contributed by atoms with Crippen LogP contribution in [0.25, 0.3) is 11.3 Å². The standard InChI is InChI=1S/C18H20N4O2S3/c1-4-12-5-7-13(8-6-12)14-9-25-16(19-14)20-15(23)10-26-18-22-21-17(27-18)24-11(2)3/h5-9,11H,4,10H2,1-3H3,(H,19,20,23). The van der Waals surface area contributed by atoms with Gasteiger partial charge in [-0.15, -0.1) is 16.4 Å². The number of benzene rings is 1. The van der Waals surface area contributed by atoms with Crippen LogP contribution in [0.2, 0.25) is 0 Å². The van der Waals surface area contributed by atoms with Crippen molar-refractivity contribution in [3.05, 3.63) is 35.2 Å². The van der Waals surface area contributed by atoms with Gasteiger partial charge in [0, 0.05) is 10.9 Å². The van der Waals surface area contributed by atoms with Crippen molar-refractivity contribution in [2.45, 2.75) is 37.6 Å². The van der Waals surface area contributed by atoms with Gasteiger partial charge in [-0.25, -0.2) is 4.98 Å². The topological polar surface area (TPSA) is 77.0 Å². The van der Waals surface area contributed by atoms with Crippen molar-refractivity contribution in [1.29, 1.82) is 0 Å². The Morgan fingerprint density at radius 3 is 2.74 bits per heavy atom. The molecule has 9 heteroatoms. The molecule has 3 rings (SSSR count). The summed E-state index contributed by atoms with van der Waals surface area (Å²) in [6.07, 6.45) is 1.06. The number of aryl methyl sites for hydroxylation is 1. The molecule has 6 nitrogen and oxygen atoms in total. The SMILES string of the molecule is CCc1ccc(-c2csc(NC(=O)CSc3nnc(OC(C)C)s3)n2)cc1. The third kappa shape index (κ3) is 5.75. The number of rotatable bonds is 8. The van der Waals surface area contributed by atoms with Crippen LogP contribution in [0.15, 0.2) is 34.0 Å². The molecule has 1 amide bonds. The Labute approximate surface area is 170 Å². The zero-order valence-corrected chi connectivity index (χ0v) is 17.7. The number of thiazole rings is 1. The van der Waals surface area contributed by atoms with E-state index >= 15 is 0 Å². The second-order valence-electron chi connectivity index (χ2n) is 5.93. The van der Waals surface area contributed by atoms with Gasteiger partial charge < -0.3 is 10.1 Å². The molecule has 0 aliphatic heterocycles. The molecule has 0 spiro atoms. The van der Waals surface area contributed by atoms with Gasteiger partial charge in [-0.3, -0.25) is 4.79 Å². The number of aromatic nitrogens is 3. The molecule has 1 N–H and O–H groups in total. The van der Waals surface area contributed by atoms with E-state index in [1.54, 1.807) is 0 Å². The molecule has 0 aliphatic carbocycles. The summed E-state index contributed by atoms with van der Waals surface area (Å²) in [6, 6.07) is 8.31. The fourth-order valence-electron chi connectivity index (χ4n) is 2.16. The highest BCUT2D eigenvalue weighted by atomic mass is 32.2. The average molecular weight is 421 g/mol. The molecule has 0 unspecified atom stereocenters. The summed E-state index contributed by atoms with van der Waals surface area (Å²) in [5, 5.41) is 13.9. The van der Waals surface area contributed by atoms with Gasteiger partial charge in [0.25, 0.3) is 5.19 Å². The van der Waals surface area contributed by atoms with Gasteiger partial charge in [-0.1, -0.05) is 48.0 Å². The van der Waals surface area contributed by atoms with Crippen LogP contribution in [0, 0.1) is 0 Å². The van der Waals surface area contributed by atoms with Crippen LogP contribution in [-0.2, 0) is 11.2 Å². The van der Waals surface area contributed by atoms with Gasteiger partial charge in [0.1, 0.15) is 0 Å². The van der Waals surface area contributed by atoms with Gasteiger partial charge in [0.2, 0.25) is 5.91 Å². The van der Waals surface area contributed by atoms with Crippen molar-refractivity contribution < 1.29 is 9.53 Å². The zero-order chi connectivity index (χ0) is 19.2. The predicted octanol–water partition coefficient (Wildman–Crippen LogP) is 4.74. The van der Waals surface area contributed by atoms with Gasteiger partial charge in [0.05, 0.1) is 17.6 Å². The summed E-state index contributed by atoms with van der Waals surface area (Å²) < 4.78 is 6.18. The van der Waals surface area contributed by atoms with E-state index in [1.165, 1.54) is 40.0 Å². The summed E-state index contributed by atoms with van der Waals surface area (Å²) in [7, 11) is 0. The second kappa shape index (κ2) is 9.29. The lowest BCUT2D eigenvalue weighted by atomic mass is 10.1. The number of carbonyl (C=O) groups excluding carboxylic acids is 1. The zero-order valence-electron chi connectivity index (χ0n) is 15.3. The number of carbonyl (C=O) groups is 1. The van der Waals surface area contributed by atoms with Gasteiger partial charge in [-0.05, 0) is 37.2 Å². The lowest BCUT2D eigenvalue weighted by Crippen LogP contribution is -2.13. The highest BCUT2D eigenvalue weighted by Crippen LogP contribution is 2.28. The minimum absolute atomic E-state index is 0.0522. The lowest BCUT2D eigenvalue weighted by Gasteiger charge is -2.02. The Bertz CT molecular complexity index is 890. The summed E-state index contributed by atoms with van der Waals surface area (Å²) >= 11 is 4.09. The van der Waals surface area contributed by atoms with Crippen LogP contribution >= 0.6 is 34.4 Å². The van der Waals surface area contributed by atoms with E-state index in [2.05, 4.69) is 51.7 Å². The number of thioether (sulfide) groups is 1. The molecule has 0 bridgehead atoms. The van der Waals surface area contributed by atoms with E-state index in [9.17, 15) is 4.79 Å². The molecule has 27 heavy (non-hydrogen) atoms. The maximum absolute atomic E-state index is 12.2. The van der Waals surface area contributed by atoms with E-state index in [-0.39, 0.29) is 17.8 Å². The third-order valence-electron chi connectivity index (χ3n) is 3.46. The first-order valence-electron chi connectivity index (χ1n) is 8.51.